The Hall–Kier alpha value is -1.64. The molecule has 2 nitrogen and oxygen atoms in total. The average Bonchev–Trinajstić information content (AvgIpc) is 2.38. The first-order valence-corrected chi connectivity index (χ1v) is 6.27. The molecule has 1 atom stereocenters. The standard InChI is InChI=1S/C16H20N2/c1-12-6-8-14(9-7-12)11-16(18-17)15-5-3-4-13(2)10-15/h3-10,16,18H,11,17H2,1-2H3. The topological polar surface area (TPSA) is 38.0 Å². The maximum absolute atomic E-state index is 5.68. The van der Waals surface area contributed by atoms with Gasteiger partial charge in [-0.2, -0.15) is 0 Å². The van der Waals surface area contributed by atoms with Gasteiger partial charge in [-0.25, -0.2) is 0 Å². The molecule has 0 aliphatic rings. The third-order valence-electron chi connectivity index (χ3n) is 3.21. The van der Waals surface area contributed by atoms with E-state index in [1.807, 2.05) is 0 Å². The van der Waals surface area contributed by atoms with Gasteiger partial charge in [0.1, 0.15) is 0 Å². The van der Waals surface area contributed by atoms with Crippen LogP contribution in [0.5, 0.6) is 0 Å². The summed E-state index contributed by atoms with van der Waals surface area (Å²) in [5.74, 6) is 5.68. The van der Waals surface area contributed by atoms with E-state index in [4.69, 9.17) is 5.84 Å². The second-order valence-electron chi connectivity index (χ2n) is 4.82. The van der Waals surface area contributed by atoms with Crippen LogP contribution in [0.15, 0.2) is 48.5 Å². The van der Waals surface area contributed by atoms with E-state index in [0.717, 1.165) is 6.42 Å². The highest BCUT2D eigenvalue weighted by molar-refractivity contribution is 5.28. The van der Waals surface area contributed by atoms with Gasteiger partial charge in [-0.15, -0.1) is 0 Å². The van der Waals surface area contributed by atoms with Crippen LogP contribution in [-0.4, -0.2) is 0 Å². The molecule has 0 aromatic heterocycles. The molecule has 2 aromatic carbocycles. The first-order valence-electron chi connectivity index (χ1n) is 6.27. The Morgan fingerprint density at radius 1 is 1.00 bits per heavy atom. The van der Waals surface area contributed by atoms with Crippen LogP contribution in [0.2, 0.25) is 0 Å². The van der Waals surface area contributed by atoms with E-state index >= 15 is 0 Å². The summed E-state index contributed by atoms with van der Waals surface area (Å²) in [4.78, 5) is 0. The van der Waals surface area contributed by atoms with Gasteiger partial charge in [-0.3, -0.25) is 11.3 Å². The van der Waals surface area contributed by atoms with Crippen molar-refractivity contribution in [2.75, 3.05) is 0 Å². The molecule has 94 valence electrons. The molecule has 2 rings (SSSR count). The Kier molecular flexibility index (Phi) is 4.13. The molecule has 0 heterocycles. The predicted molar refractivity (Wildman–Crippen MR) is 76.1 cm³/mol. The third-order valence-corrected chi connectivity index (χ3v) is 3.21. The summed E-state index contributed by atoms with van der Waals surface area (Å²) in [5, 5.41) is 0. The van der Waals surface area contributed by atoms with E-state index in [2.05, 4.69) is 67.8 Å². The molecular weight excluding hydrogens is 220 g/mol. The van der Waals surface area contributed by atoms with Crippen LogP contribution in [0.3, 0.4) is 0 Å². The molecule has 2 aromatic rings. The van der Waals surface area contributed by atoms with Crippen molar-refractivity contribution < 1.29 is 0 Å². The summed E-state index contributed by atoms with van der Waals surface area (Å²) in [7, 11) is 0. The minimum absolute atomic E-state index is 0.160. The van der Waals surface area contributed by atoms with Crippen molar-refractivity contribution in [3.8, 4) is 0 Å². The lowest BCUT2D eigenvalue weighted by molar-refractivity contribution is 0.551. The fourth-order valence-corrected chi connectivity index (χ4v) is 2.12. The van der Waals surface area contributed by atoms with Crippen LogP contribution in [0.4, 0.5) is 0 Å². The largest absolute Gasteiger partial charge is 0.271 e. The smallest absolute Gasteiger partial charge is 0.0500 e. The van der Waals surface area contributed by atoms with Gasteiger partial charge in [0, 0.05) is 6.04 Å². The Balaban J connectivity index is 2.17. The zero-order chi connectivity index (χ0) is 13.0. The molecule has 0 bridgehead atoms. The van der Waals surface area contributed by atoms with Crippen LogP contribution in [0.25, 0.3) is 0 Å². The van der Waals surface area contributed by atoms with Gasteiger partial charge in [0.25, 0.3) is 0 Å². The van der Waals surface area contributed by atoms with Crippen LogP contribution in [0.1, 0.15) is 28.3 Å². The second kappa shape index (κ2) is 5.80. The minimum atomic E-state index is 0.160. The number of hydrogen-bond donors (Lipinski definition) is 2. The number of rotatable bonds is 4. The van der Waals surface area contributed by atoms with Crippen LogP contribution < -0.4 is 11.3 Å². The van der Waals surface area contributed by atoms with E-state index in [9.17, 15) is 0 Å². The highest BCUT2D eigenvalue weighted by Gasteiger charge is 2.10. The molecule has 18 heavy (non-hydrogen) atoms. The van der Waals surface area contributed by atoms with Crippen LogP contribution in [0, 0.1) is 13.8 Å². The molecule has 3 N–H and O–H groups in total. The van der Waals surface area contributed by atoms with Crippen molar-refractivity contribution >= 4 is 0 Å². The van der Waals surface area contributed by atoms with Gasteiger partial charge in [0.05, 0.1) is 0 Å². The van der Waals surface area contributed by atoms with E-state index in [1.165, 1.54) is 22.3 Å². The Morgan fingerprint density at radius 2 is 1.72 bits per heavy atom. The molecule has 0 radical (unpaired) electrons. The first-order chi connectivity index (χ1) is 8.69. The maximum Gasteiger partial charge on any atom is 0.0500 e. The number of hydrogen-bond acceptors (Lipinski definition) is 2. The zero-order valence-corrected chi connectivity index (χ0v) is 11.0. The summed E-state index contributed by atoms with van der Waals surface area (Å²) in [5.41, 5.74) is 7.98. The quantitative estimate of drug-likeness (QED) is 0.636. The highest BCUT2D eigenvalue weighted by atomic mass is 15.2. The number of hydrazine groups is 1. The summed E-state index contributed by atoms with van der Waals surface area (Å²) in [6.07, 6.45) is 0.903. The number of benzene rings is 2. The van der Waals surface area contributed by atoms with Gasteiger partial charge in [0.2, 0.25) is 0 Å². The van der Waals surface area contributed by atoms with Crippen LogP contribution in [-0.2, 0) is 6.42 Å². The fraction of sp³-hybridized carbons (Fsp3) is 0.250. The molecule has 0 amide bonds. The van der Waals surface area contributed by atoms with E-state index in [0.29, 0.717) is 0 Å². The third kappa shape index (κ3) is 3.19. The summed E-state index contributed by atoms with van der Waals surface area (Å²) < 4.78 is 0. The van der Waals surface area contributed by atoms with Crippen molar-refractivity contribution in [3.63, 3.8) is 0 Å². The lowest BCUT2D eigenvalue weighted by atomic mass is 9.97. The molecule has 2 heteroatoms. The number of nitrogens with one attached hydrogen (secondary N) is 1. The number of nitrogens with two attached hydrogens (primary N) is 1. The van der Waals surface area contributed by atoms with E-state index in [-0.39, 0.29) is 6.04 Å². The van der Waals surface area contributed by atoms with Gasteiger partial charge in [-0.05, 0) is 31.4 Å². The van der Waals surface area contributed by atoms with E-state index < -0.39 is 0 Å². The second-order valence-corrected chi connectivity index (χ2v) is 4.82. The molecule has 0 saturated heterocycles. The lowest BCUT2D eigenvalue weighted by Gasteiger charge is -2.17. The number of aryl methyl sites for hydroxylation is 2. The average molecular weight is 240 g/mol. The van der Waals surface area contributed by atoms with Gasteiger partial charge in [0.15, 0.2) is 0 Å². The Labute approximate surface area is 109 Å². The summed E-state index contributed by atoms with van der Waals surface area (Å²) in [6, 6.07) is 17.2. The molecular formula is C16H20N2. The molecule has 0 aliphatic heterocycles. The molecule has 0 aliphatic carbocycles. The van der Waals surface area contributed by atoms with E-state index in [1.54, 1.807) is 0 Å². The minimum Gasteiger partial charge on any atom is -0.271 e. The maximum atomic E-state index is 5.68. The summed E-state index contributed by atoms with van der Waals surface area (Å²) >= 11 is 0. The van der Waals surface area contributed by atoms with Crippen molar-refractivity contribution in [3.05, 3.63) is 70.8 Å². The predicted octanol–water partition coefficient (Wildman–Crippen LogP) is 3.05. The highest BCUT2D eigenvalue weighted by Crippen LogP contribution is 2.19. The van der Waals surface area contributed by atoms with Gasteiger partial charge in [-0.1, -0.05) is 59.7 Å². The summed E-state index contributed by atoms with van der Waals surface area (Å²) in [6.45, 7) is 4.20. The Morgan fingerprint density at radius 3 is 2.33 bits per heavy atom. The molecule has 0 saturated carbocycles. The van der Waals surface area contributed by atoms with Crippen molar-refractivity contribution in [1.82, 2.24) is 5.43 Å². The zero-order valence-electron chi connectivity index (χ0n) is 11.0. The molecule has 0 fully saturated rings. The SMILES string of the molecule is Cc1ccc(CC(NN)c2cccc(C)c2)cc1. The van der Waals surface area contributed by atoms with Crippen molar-refractivity contribution in [1.29, 1.82) is 0 Å². The van der Waals surface area contributed by atoms with Crippen molar-refractivity contribution in [2.24, 2.45) is 5.84 Å². The van der Waals surface area contributed by atoms with Gasteiger partial charge >= 0.3 is 0 Å². The Bertz CT molecular complexity index is 503. The lowest BCUT2D eigenvalue weighted by Crippen LogP contribution is -2.29. The van der Waals surface area contributed by atoms with Crippen LogP contribution >= 0.6 is 0 Å². The monoisotopic (exact) mass is 240 g/mol. The fourth-order valence-electron chi connectivity index (χ4n) is 2.12. The van der Waals surface area contributed by atoms with Crippen molar-refractivity contribution in [2.45, 2.75) is 26.3 Å². The first kappa shape index (κ1) is 12.8. The molecule has 1 unspecified atom stereocenters. The molecule has 0 spiro atoms. The van der Waals surface area contributed by atoms with Gasteiger partial charge < -0.3 is 0 Å². The normalized spacial score (nSPS) is 12.4.